The Balaban J connectivity index is 1.92. The maximum atomic E-state index is 12.1. The third-order valence-electron chi connectivity index (χ3n) is 4.13. The van der Waals surface area contributed by atoms with Crippen LogP contribution < -0.4 is 0 Å². The van der Waals surface area contributed by atoms with E-state index in [4.69, 9.17) is 0 Å². The molecule has 0 radical (unpaired) electrons. The molecule has 0 atom stereocenters. The summed E-state index contributed by atoms with van der Waals surface area (Å²) in [6.07, 6.45) is 1.08. The lowest BCUT2D eigenvalue weighted by molar-refractivity contribution is -0.147. The number of hydrogen-bond donors (Lipinski definition) is 1. The first-order valence-electron chi connectivity index (χ1n) is 7.27. The van der Waals surface area contributed by atoms with Gasteiger partial charge in [-0.15, -0.1) is 0 Å². The molecule has 1 fully saturated rings. The number of nitrogens with zero attached hydrogens (tertiary/aromatic N) is 1. The standard InChI is InChI=1S/C18H19NO2/c20-17(21)18(19-11-12-19,13-15-7-3-1-4-8-15)14-16-9-5-2-6-10-16/h1-10H,11-14H2,(H,20,21). The molecule has 108 valence electrons. The van der Waals surface area contributed by atoms with Crippen LogP contribution in [-0.4, -0.2) is 34.6 Å². The van der Waals surface area contributed by atoms with Gasteiger partial charge in [-0.25, -0.2) is 0 Å². The summed E-state index contributed by atoms with van der Waals surface area (Å²) in [5.41, 5.74) is 1.31. The fourth-order valence-corrected chi connectivity index (χ4v) is 2.92. The fourth-order valence-electron chi connectivity index (χ4n) is 2.92. The summed E-state index contributed by atoms with van der Waals surface area (Å²) in [6.45, 7) is 1.73. The molecule has 1 aliphatic heterocycles. The molecule has 1 saturated heterocycles. The maximum absolute atomic E-state index is 12.1. The Bertz CT molecular complexity index is 564. The molecular weight excluding hydrogens is 262 g/mol. The number of carboxylic acid groups (broad SMARTS) is 1. The summed E-state index contributed by atoms with van der Waals surface area (Å²) in [7, 11) is 0. The maximum Gasteiger partial charge on any atom is 0.324 e. The largest absolute Gasteiger partial charge is 0.480 e. The summed E-state index contributed by atoms with van der Waals surface area (Å²) in [5, 5.41) is 9.92. The topological polar surface area (TPSA) is 40.3 Å². The molecule has 0 amide bonds. The van der Waals surface area contributed by atoms with Crippen LogP contribution in [0.15, 0.2) is 60.7 Å². The van der Waals surface area contributed by atoms with E-state index < -0.39 is 11.5 Å². The number of benzene rings is 2. The average molecular weight is 281 g/mol. The molecule has 0 aromatic heterocycles. The van der Waals surface area contributed by atoms with Crippen LogP contribution in [0.1, 0.15) is 11.1 Å². The van der Waals surface area contributed by atoms with Crippen molar-refractivity contribution in [3.63, 3.8) is 0 Å². The van der Waals surface area contributed by atoms with E-state index in [-0.39, 0.29) is 0 Å². The van der Waals surface area contributed by atoms with Crippen LogP contribution in [0, 0.1) is 0 Å². The van der Waals surface area contributed by atoms with Crippen molar-refractivity contribution >= 4 is 5.97 Å². The molecular formula is C18H19NO2. The molecule has 1 heterocycles. The van der Waals surface area contributed by atoms with Crippen LogP contribution in [-0.2, 0) is 17.6 Å². The molecule has 2 aromatic rings. The molecule has 2 aromatic carbocycles. The highest BCUT2D eigenvalue weighted by Crippen LogP contribution is 2.31. The Morgan fingerprint density at radius 2 is 1.33 bits per heavy atom. The van der Waals surface area contributed by atoms with Gasteiger partial charge in [-0.3, -0.25) is 9.69 Å². The molecule has 0 spiro atoms. The van der Waals surface area contributed by atoms with Crippen LogP contribution in [0.2, 0.25) is 0 Å². The van der Waals surface area contributed by atoms with Gasteiger partial charge in [0, 0.05) is 25.9 Å². The summed E-state index contributed by atoms with van der Waals surface area (Å²) >= 11 is 0. The third-order valence-corrected chi connectivity index (χ3v) is 4.13. The van der Waals surface area contributed by atoms with Gasteiger partial charge in [-0.2, -0.15) is 0 Å². The van der Waals surface area contributed by atoms with Crippen LogP contribution in [0.5, 0.6) is 0 Å². The Hall–Kier alpha value is -2.13. The van der Waals surface area contributed by atoms with E-state index >= 15 is 0 Å². The molecule has 0 bridgehead atoms. The second kappa shape index (κ2) is 5.70. The number of hydrogen-bond acceptors (Lipinski definition) is 2. The van der Waals surface area contributed by atoms with Crippen LogP contribution in [0.3, 0.4) is 0 Å². The minimum atomic E-state index is -0.831. The molecule has 3 rings (SSSR count). The minimum Gasteiger partial charge on any atom is -0.480 e. The number of carboxylic acids is 1. The van der Waals surface area contributed by atoms with Crippen molar-refractivity contribution in [1.82, 2.24) is 4.90 Å². The van der Waals surface area contributed by atoms with Gasteiger partial charge >= 0.3 is 5.97 Å². The van der Waals surface area contributed by atoms with Crippen LogP contribution in [0.25, 0.3) is 0 Å². The fraction of sp³-hybridized carbons (Fsp3) is 0.278. The second-order valence-electron chi connectivity index (χ2n) is 5.65. The summed E-state index contributed by atoms with van der Waals surface area (Å²) in [4.78, 5) is 14.1. The van der Waals surface area contributed by atoms with Gasteiger partial charge in [0.15, 0.2) is 0 Å². The molecule has 0 saturated carbocycles. The van der Waals surface area contributed by atoms with Crippen molar-refractivity contribution in [2.24, 2.45) is 0 Å². The molecule has 3 heteroatoms. The SMILES string of the molecule is O=C(O)C(Cc1ccccc1)(Cc1ccccc1)N1CC1. The highest BCUT2D eigenvalue weighted by atomic mass is 16.4. The normalized spacial score (nSPS) is 14.9. The van der Waals surface area contributed by atoms with Gasteiger partial charge in [0.2, 0.25) is 0 Å². The summed E-state index contributed by atoms with van der Waals surface area (Å²) in [5.74, 6) is -0.729. The van der Waals surface area contributed by atoms with Gasteiger partial charge in [0.25, 0.3) is 0 Å². The van der Waals surface area contributed by atoms with Gasteiger partial charge < -0.3 is 5.11 Å². The molecule has 21 heavy (non-hydrogen) atoms. The second-order valence-corrected chi connectivity index (χ2v) is 5.65. The van der Waals surface area contributed by atoms with Crippen molar-refractivity contribution in [3.8, 4) is 0 Å². The van der Waals surface area contributed by atoms with E-state index in [1.165, 1.54) is 0 Å². The van der Waals surface area contributed by atoms with Crippen LogP contribution in [0.4, 0.5) is 0 Å². The third kappa shape index (κ3) is 2.98. The van der Waals surface area contributed by atoms with Crippen molar-refractivity contribution in [2.75, 3.05) is 13.1 Å². The summed E-state index contributed by atoms with van der Waals surface area (Å²) in [6, 6.07) is 19.8. The Morgan fingerprint density at radius 1 is 0.905 bits per heavy atom. The highest BCUT2D eigenvalue weighted by molar-refractivity contribution is 5.80. The smallest absolute Gasteiger partial charge is 0.324 e. The predicted octanol–water partition coefficient (Wildman–Crippen LogP) is 2.61. The Morgan fingerprint density at radius 3 is 1.67 bits per heavy atom. The number of rotatable bonds is 6. The van der Waals surface area contributed by atoms with Gasteiger partial charge in [0.1, 0.15) is 5.54 Å². The average Bonchev–Trinajstić information content (AvgIpc) is 3.33. The monoisotopic (exact) mass is 281 g/mol. The lowest BCUT2D eigenvalue weighted by atomic mass is 9.84. The lowest BCUT2D eigenvalue weighted by Crippen LogP contribution is -2.50. The first-order valence-corrected chi connectivity index (χ1v) is 7.27. The quantitative estimate of drug-likeness (QED) is 0.827. The first-order chi connectivity index (χ1) is 10.2. The van der Waals surface area contributed by atoms with E-state index in [0.29, 0.717) is 12.8 Å². The zero-order chi connectivity index (χ0) is 14.7. The van der Waals surface area contributed by atoms with E-state index in [1.807, 2.05) is 60.7 Å². The van der Waals surface area contributed by atoms with Crippen molar-refractivity contribution in [3.05, 3.63) is 71.8 Å². The molecule has 1 N–H and O–H groups in total. The van der Waals surface area contributed by atoms with Gasteiger partial charge in [-0.1, -0.05) is 60.7 Å². The lowest BCUT2D eigenvalue weighted by Gasteiger charge is -2.31. The van der Waals surface area contributed by atoms with Gasteiger partial charge in [0.05, 0.1) is 0 Å². The zero-order valence-corrected chi connectivity index (χ0v) is 11.9. The van der Waals surface area contributed by atoms with E-state index in [9.17, 15) is 9.90 Å². The van der Waals surface area contributed by atoms with E-state index in [2.05, 4.69) is 4.90 Å². The molecule has 0 unspecified atom stereocenters. The summed E-state index contributed by atoms with van der Waals surface area (Å²) < 4.78 is 0. The van der Waals surface area contributed by atoms with Crippen molar-refractivity contribution in [1.29, 1.82) is 0 Å². The first kappa shape index (κ1) is 13.8. The highest BCUT2D eigenvalue weighted by Gasteiger charge is 2.49. The van der Waals surface area contributed by atoms with Crippen molar-refractivity contribution < 1.29 is 9.90 Å². The molecule has 0 aliphatic carbocycles. The Labute approximate surface area is 124 Å². The van der Waals surface area contributed by atoms with Crippen molar-refractivity contribution in [2.45, 2.75) is 18.4 Å². The number of carbonyl (C=O) groups is 1. The van der Waals surface area contributed by atoms with E-state index in [0.717, 1.165) is 24.2 Å². The van der Waals surface area contributed by atoms with E-state index in [1.54, 1.807) is 0 Å². The van der Waals surface area contributed by atoms with Gasteiger partial charge in [-0.05, 0) is 11.1 Å². The van der Waals surface area contributed by atoms with Crippen LogP contribution >= 0.6 is 0 Å². The minimum absolute atomic E-state index is 0.540. The Kier molecular flexibility index (Phi) is 3.76. The number of aliphatic carboxylic acids is 1. The zero-order valence-electron chi connectivity index (χ0n) is 11.9. The molecule has 1 aliphatic rings. The molecule has 3 nitrogen and oxygen atoms in total. The predicted molar refractivity (Wildman–Crippen MR) is 82.2 cm³/mol.